The Balaban J connectivity index is 1.77. The Hall–Kier alpha value is -2.40. The third-order valence-corrected chi connectivity index (χ3v) is 5.13. The standard InChI is InChI=1S/C20H23FN2O2/c1-23-11-9-20(10-12-23,16-5-3-2-4-6-16)14-22-19(25)15-7-8-17(21)18(24)13-15/h2-8,13,24H,9-12,14H2,1H3,(H,22,25). The monoisotopic (exact) mass is 342 g/mol. The second-order valence-electron chi connectivity index (χ2n) is 6.80. The Kier molecular flexibility index (Phi) is 5.04. The molecule has 0 atom stereocenters. The highest BCUT2D eigenvalue weighted by atomic mass is 19.1. The Bertz CT molecular complexity index is 741. The number of likely N-dealkylation sites (tertiary alicyclic amines) is 1. The first-order valence-corrected chi connectivity index (χ1v) is 8.51. The van der Waals surface area contributed by atoms with Crippen molar-refractivity contribution < 1.29 is 14.3 Å². The minimum absolute atomic E-state index is 0.106. The lowest BCUT2D eigenvalue weighted by Crippen LogP contribution is -2.48. The fourth-order valence-corrected chi connectivity index (χ4v) is 3.41. The highest BCUT2D eigenvalue weighted by Crippen LogP contribution is 2.34. The van der Waals surface area contributed by atoms with E-state index in [4.69, 9.17) is 0 Å². The Labute approximate surface area is 147 Å². The van der Waals surface area contributed by atoms with E-state index in [1.807, 2.05) is 18.2 Å². The second-order valence-corrected chi connectivity index (χ2v) is 6.80. The molecule has 0 saturated carbocycles. The van der Waals surface area contributed by atoms with Crippen LogP contribution in [0.1, 0.15) is 28.8 Å². The van der Waals surface area contributed by atoms with Gasteiger partial charge in [-0.15, -0.1) is 0 Å². The Morgan fingerprint density at radius 1 is 1.20 bits per heavy atom. The number of piperidine rings is 1. The van der Waals surface area contributed by atoms with Gasteiger partial charge in [0.2, 0.25) is 0 Å². The van der Waals surface area contributed by atoms with Crippen molar-refractivity contribution in [3.8, 4) is 5.75 Å². The van der Waals surface area contributed by atoms with Crippen LogP contribution in [0.25, 0.3) is 0 Å². The van der Waals surface area contributed by atoms with Gasteiger partial charge < -0.3 is 15.3 Å². The van der Waals surface area contributed by atoms with Crippen LogP contribution in [0.3, 0.4) is 0 Å². The first kappa shape index (κ1) is 17.4. The zero-order valence-electron chi connectivity index (χ0n) is 14.3. The molecule has 1 heterocycles. The molecular weight excluding hydrogens is 319 g/mol. The number of amides is 1. The van der Waals surface area contributed by atoms with Crippen LogP contribution < -0.4 is 5.32 Å². The predicted molar refractivity (Wildman–Crippen MR) is 95.2 cm³/mol. The maximum absolute atomic E-state index is 13.2. The van der Waals surface area contributed by atoms with E-state index < -0.39 is 11.6 Å². The number of nitrogens with one attached hydrogen (secondary N) is 1. The van der Waals surface area contributed by atoms with Gasteiger partial charge in [0.25, 0.3) is 5.91 Å². The van der Waals surface area contributed by atoms with Crippen LogP contribution in [-0.2, 0) is 5.41 Å². The Morgan fingerprint density at radius 2 is 1.88 bits per heavy atom. The molecule has 25 heavy (non-hydrogen) atoms. The summed E-state index contributed by atoms with van der Waals surface area (Å²) in [6, 6.07) is 13.9. The number of carbonyl (C=O) groups is 1. The zero-order valence-corrected chi connectivity index (χ0v) is 14.3. The number of hydrogen-bond donors (Lipinski definition) is 2. The molecule has 2 aromatic carbocycles. The van der Waals surface area contributed by atoms with Crippen molar-refractivity contribution >= 4 is 5.91 Å². The van der Waals surface area contributed by atoms with Gasteiger partial charge in [-0.05, 0) is 56.7 Å². The molecule has 1 fully saturated rings. The molecule has 2 aromatic rings. The maximum Gasteiger partial charge on any atom is 0.251 e. The van der Waals surface area contributed by atoms with Gasteiger partial charge in [-0.25, -0.2) is 4.39 Å². The van der Waals surface area contributed by atoms with Crippen molar-refractivity contribution in [2.24, 2.45) is 0 Å². The lowest BCUT2D eigenvalue weighted by atomic mass is 9.72. The number of rotatable bonds is 4. The van der Waals surface area contributed by atoms with Crippen LogP contribution in [0.4, 0.5) is 4.39 Å². The van der Waals surface area contributed by atoms with Crippen LogP contribution in [0, 0.1) is 5.82 Å². The zero-order chi connectivity index (χ0) is 17.9. The highest BCUT2D eigenvalue weighted by Gasteiger charge is 2.35. The van der Waals surface area contributed by atoms with Gasteiger partial charge in [0.05, 0.1) is 0 Å². The summed E-state index contributed by atoms with van der Waals surface area (Å²) < 4.78 is 13.2. The molecule has 4 nitrogen and oxygen atoms in total. The quantitative estimate of drug-likeness (QED) is 0.898. The predicted octanol–water partition coefficient (Wildman–Crippen LogP) is 2.92. The van der Waals surface area contributed by atoms with Crippen molar-refractivity contribution in [1.82, 2.24) is 10.2 Å². The van der Waals surface area contributed by atoms with E-state index in [0.717, 1.165) is 38.1 Å². The molecule has 3 rings (SSSR count). The third kappa shape index (κ3) is 3.82. The average molecular weight is 342 g/mol. The van der Waals surface area contributed by atoms with Gasteiger partial charge in [0.15, 0.2) is 11.6 Å². The second kappa shape index (κ2) is 7.23. The molecular formula is C20H23FN2O2. The summed E-state index contributed by atoms with van der Waals surface area (Å²) in [6.07, 6.45) is 1.92. The number of phenolic OH excluding ortho intramolecular Hbond substituents is 1. The molecule has 2 N–H and O–H groups in total. The molecule has 0 radical (unpaired) electrons. The number of nitrogens with zero attached hydrogens (tertiary/aromatic N) is 1. The summed E-state index contributed by atoms with van der Waals surface area (Å²) in [6.45, 7) is 2.46. The van der Waals surface area contributed by atoms with E-state index in [-0.39, 0.29) is 16.9 Å². The fraction of sp³-hybridized carbons (Fsp3) is 0.350. The highest BCUT2D eigenvalue weighted by molar-refractivity contribution is 5.94. The lowest BCUT2D eigenvalue weighted by Gasteiger charge is -2.41. The van der Waals surface area contributed by atoms with E-state index >= 15 is 0 Å². The molecule has 1 aliphatic rings. The van der Waals surface area contributed by atoms with E-state index in [0.29, 0.717) is 6.54 Å². The third-order valence-electron chi connectivity index (χ3n) is 5.13. The summed E-state index contributed by atoms with van der Waals surface area (Å²) in [5, 5.41) is 12.4. The van der Waals surface area contributed by atoms with Crippen molar-refractivity contribution in [2.45, 2.75) is 18.3 Å². The van der Waals surface area contributed by atoms with Crippen LogP contribution >= 0.6 is 0 Å². The van der Waals surface area contributed by atoms with Gasteiger partial charge in [-0.1, -0.05) is 30.3 Å². The summed E-state index contributed by atoms with van der Waals surface area (Å²) in [4.78, 5) is 14.7. The van der Waals surface area contributed by atoms with E-state index in [9.17, 15) is 14.3 Å². The molecule has 1 saturated heterocycles. The minimum atomic E-state index is -0.729. The summed E-state index contributed by atoms with van der Waals surface area (Å²) in [5.41, 5.74) is 1.38. The first-order chi connectivity index (χ1) is 12.0. The maximum atomic E-state index is 13.2. The number of benzene rings is 2. The number of phenols is 1. The van der Waals surface area contributed by atoms with E-state index in [1.165, 1.54) is 11.6 Å². The molecule has 1 aliphatic heterocycles. The van der Waals surface area contributed by atoms with E-state index in [2.05, 4.69) is 29.4 Å². The van der Waals surface area contributed by atoms with Crippen LogP contribution in [0.5, 0.6) is 5.75 Å². The Morgan fingerprint density at radius 3 is 2.52 bits per heavy atom. The number of carbonyl (C=O) groups excluding carboxylic acids is 1. The topological polar surface area (TPSA) is 52.6 Å². The molecule has 0 bridgehead atoms. The van der Waals surface area contributed by atoms with Crippen LogP contribution in [0.2, 0.25) is 0 Å². The minimum Gasteiger partial charge on any atom is -0.505 e. The van der Waals surface area contributed by atoms with Crippen molar-refractivity contribution in [2.75, 3.05) is 26.7 Å². The normalized spacial score (nSPS) is 17.2. The molecule has 0 spiro atoms. The largest absolute Gasteiger partial charge is 0.505 e. The SMILES string of the molecule is CN1CCC(CNC(=O)c2ccc(F)c(O)c2)(c2ccccc2)CC1. The molecule has 0 unspecified atom stereocenters. The van der Waals surface area contributed by atoms with Crippen molar-refractivity contribution in [1.29, 1.82) is 0 Å². The van der Waals surface area contributed by atoms with Gasteiger partial charge >= 0.3 is 0 Å². The number of aromatic hydroxyl groups is 1. The van der Waals surface area contributed by atoms with Gasteiger partial charge in [0.1, 0.15) is 0 Å². The van der Waals surface area contributed by atoms with E-state index in [1.54, 1.807) is 0 Å². The first-order valence-electron chi connectivity index (χ1n) is 8.51. The molecule has 0 aromatic heterocycles. The molecule has 0 aliphatic carbocycles. The lowest BCUT2D eigenvalue weighted by molar-refractivity contribution is 0.0927. The molecule has 1 amide bonds. The molecule has 132 valence electrons. The summed E-state index contributed by atoms with van der Waals surface area (Å²) >= 11 is 0. The van der Waals surface area contributed by atoms with Crippen molar-refractivity contribution in [3.63, 3.8) is 0 Å². The van der Waals surface area contributed by atoms with Crippen LogP contribution in [0.15, 0.2) is 48.5 Å². The number of hydrogen-bond acceptors (Lipinski definition) is 3. The average Bonchev–Trinajstić information content (AvgIpc) is 2.64. The summed E-state index contributed by atoms with van der Waals surface area (Å²) in [5.74, 6) is -1.54. The van der Waals surface area contributed by atoms with Crippen molar-refractivity contribution in [3.05, 3.63) is 65.5 Å². The summed E-state index contributed by atoms with van der Waals surface area (Å²) in [7, 11) is 2.11. The number of halogens is 1. The van der Waals surface area contributed by atoms with Crippen LogP contribution in [-0.4, -0.2) is 42.6 Å². The fourth-order valence-electron chi connectivity index (χ4n) is 3.41. The van der Waals surface area contributed by atoms with Gasteiger partial charge in [-0.3, -0.25) is 4.79 Å². The molecule has 5 heteroatoms. The smallest absolute Gasteiger partial charge is 0.251 e. The van der Waals surface area contributed by atoms with Gasteiger partial charge in [-0.2, -0.15) is 0 Å². The van der Waals surface area contributed by atoms with Gasteiger partial charge in [0, 0.05) is 17.5 Å².